The van der Waals surface area contributed by atoms with Gasteiger partial charge in [0.1, 0.15) is 0 Å². The van der Waals surface area contributed by atoms with Gasteiger partial charge in [-0.15, -0.1) is 0 Å². The Labute approximate surface area is 217 Å². The van der Waals surface area contributed by atoms with E-state index in [1.54, 1.807) is 0 Å². The number of hydrogen-bond acceptors (Lipinski definition) is 1. The van der Waals surface area contributed by atoms with Gasteiger partial charge in [-0.05, 0) is 32.6 Å². The van der Waals surface area contributed by atoms with Gasteiger partial charge < -0.3 is 9.85 Å². The summed E-state index contributed by atoms with van der Waals surface area (Å²) in [5.74, 6) is 0. The van der Waals surface area contributed by atoms with Gasteiger partial charge in [-0.1, -0.05) is 155 Å². The lowest BCUT2D eigenvalue weighted by molar-refractivity contribution is -0.879. The Morgan fingerprint density at radius 2 is 0.529 bits per heavy atom. The van der Waals surface area contributed by atoms with Crippen LogP contribution in [0.2, 0.25) is 0 Å². The summed E-state index contributed by atoms with van der Waals surface area (Å²) in [4.78, 5) is 0. The molecule has 0 aliphatic heterocycles. The number of unbranched alkanes of at least 4 members (excludes halogenated alkanes) is 24. The quantitative estimate of drug-likeness (QED) is 0.0591. The molecule has 0 aromatic rings. The second-order valence-electron chi connectivity index (χ2n) is 11.3. The van der Waals surface area contributed by atoms with Crippen molar-refractivity contribution in [2.75, 3.05) is 19.6 Å². The molecule has 0 atom stereocenters. The maximum absolute atomic E-state index is 13.0. The number of rotatable bonds is 29. The largest absolute Gasteiger partial charge is 0.633 e. The molecule has 0 heterocycles. The molecular weight excluding hydrogens is 414 g/mol. The Balaban J connectivity index is 3.42. The average Bonchev–Trinajstić information content (AvgIpc) is 2.85. The highest BCUT2D eigenvalue weighted by molar-refractivity contribution is 4.52. The van der Waals surface area contributed by atoms with Crippen LogP contribution in [0.1, 0.15) is 188 Å². The van der Waals surface area contributed by atoms with Crippen molar-refractivity contribution in [3.05, 3.63) is 5.21 Å². The van der Waals surface area contributed by atoms with E-state index in [9.17, 15) is 5.21 Å². The van der Waals surface area contributed by atoms with E-state index in [-0.39, 0.29) is 4.65 Å². The fourth-order valence-electron chi connectivity index (χ4n) is 5.26. The standard InChI is InChI=1S/C32H67NO/c1-4-7-9-11-13-15-17-19-21-23-25-27-29-31-33(34,6-3)32-30-28-26-24-22-20-18-16-14-12-10-8-5-2/h4-32H2,1-3H3. The highest BCUT2D eigenvalue weighted by Crippen LogP contribution is 2.16. The fraction of sp³-hybridized carbons (Fsp3) is 1.00. The molecule has 0 aromatic carbocycles. The lowest BCUT2D eigenvalue weighted by atomic mass is 10.0. The van der Waals surface area contributed by atoms with Gasteiger partial charge in [0.25, 0.3) is 0 Å². The van der Waals surface area contributed by atoms with Crippen LogP contribution in [0.15, 0.2) is 0 Å². The van der Waals surface area contributed by atoms with Crippen LogP contribution in [0, 0.1) is 5.21 Å². The van der Waals surface area contributed by atoms with Gasteiger partial charge >= 0.3 is 0 Å². The predicted molar refractivity (Wildman–Crippen MR) is 155 cm³/mol. The first kappa shape index (κ1) is 33.9. The molecule has 0 saturated heterocycles. The molecule has 0 aliphatic rings. The van der Waals surface area contributed by atoms with Crippen molar-refractivity contribution in [3.8, 4) is 0 Å². The van der Waals surface area contributed by atoms with Crippen LogP contribution in [0.25, 0.3) is 0 Å². The molecule has 0 spiro atoms. The Hall–Kier alpha value is -0.0800. The van der Waals surface area contributed by atoms with Gasteiger partial charge in [-0.25, -0.2) is 0 Å². The SMILES string of the molecule is CCCCCCCCCCCCCCC[N+]([O-])(CC)CCCCCCCCCCCCCCC. The smallest absolute Gasteiger partial charge is 0.0783 e. The van der Waals surface area contributed by atoms with E-state index in [1.165, 1.54) is 154 Å². The second kappa shape index (κ2) is 27.5. The molecule has 0 unspecified atom stereocenters. The lowest BCUT2D eigenvalue weighted by Crippen LogP contribution is -2.43. The predicted octanol–water partition coefficient (Wildman–Crippen LogP) is 11.5. The van der Waals surface area contributed by atoms with E-state index in [1.807, 2.05) is 0 Å². The van der Waals surface area contributed by atoms with Gasteiger partial charge in [0.2, 0.25) is 0 Å². The van der Waals surface area contributed by atoms with Crippen molar-refractivity contribution in [3.63, 3.8) is 0 Å². The van der Waals surface area contributed by atoms with Crippen molar-refractivity contribution >= 4 is 0 Å². The highest BCUT2D eigenvalue weighted by Gasteiger charge is 2.13. The van der Waals surface area contributed by atoms with E-state index < -0.39 is 0 Å². The summed E-state index contributed by atoms with van der Waals surface area (Å²) in [6.45, 7) is 9.14. The lowest BCUT2D eigenvalue weighted by Gasteiger charge is -2.42. The summed E-state index contributed by atoms with van der Waals surface area (Å²) in [6, 6.07) is 0. The molecule has 0 radical (unpaired) electrons. The zero-order valence-electron chi connectivity index (χ0n) is 24.4. The molecule has 2 heteroatoms. The van der Waals surface area contributed by atoms with Crippen LogP contribution in [0.4, 0.5) is 0 Å². The molecule has 0 saturated carbocycles. The normalized spacial score (nSPS) is 12.0. The summed E-state index contributed by atoms with van der Waals surface area (Å²) in [5, 5.41) is 13.0. The van der Waals surface area contributed by atoms with Crippen molar-refractivity contribution in [2.24, 2.45) is 0 Å². The Bertz CT molecular complexity index is 340. The van der Waals surface area contributed by atoms with Crippen LogP contribution in [0.3, 0.4) is 0 Å². The van der Waals surface area contributed by atoms with Crippen molar-refractivity contribution in [1.29, 1.82) is 0 Å². The molecule has 0 aromatic heterocycles. The van der Waals surface area contributed by atoms with Crippen molar-refractivity contribution in [1.82, 2.24) is 0 Å². The van der Waals surface area contributed by atoms with E-state index in [4.69, 9.17) is 0 Å². The van der Waals surface area contributed by atoms with Crippen molar-refractivity contribution < 1.29 is 4.65 Å². The van der Waals surface area contributed by atoms with Crippen LogP contribution < -0.4 is 0 Å². The van der Waals surface area contributed by atoms with Gasteiger partial charge in [-0.3, -0.25) is 0 Å². The summed E-state index contributed by atoms with van der Waals surface area (Å²) in [7, 11) is 0. The molecule has 0 fully saturated rings. The Kier molecular flexibility index (Phi) is 27.4. The fourth-order valence-corrected chi connectivity index (χ4v) is 5.26. The summed E-state index contributed by atoms with van der Waals surface area (Å²) >= 11 is 0. The van der Waals surface area contributed by atoms with Crippen LogP contribution in [-0.2, 0) is 0 Å². The molecule has 34 heavy (non-hydrogen) atoms. The van der Waals surface area contributed by atoms with Crippen LogP contribution in [0.5, 0.6) is 0 Å². The minimum Gasteiger partial charge on any atom is -0.633 e. The minimum atomic E-state index is 0.0655. The number of hydrogen-bond donors (Lipinski definition) is 0. The van der Waals surface area contributed by atoms with E-state index >= 15 is 0 Å². The maximum atomic E-state index is 13.0. The van der Waals surface area contributed by atoms with E-state index in [0.717, 1.165) is 32.5 Å². The first-order valence-electron chi connectivity index (χ1n) is 16.3. The molecule has 2 nitrogen and oxygen atoms in total. The summed E-state index contributed by atoms with van der Waals surface area (Å²) < 4.78 is 0.0655. The topological polar surface area (TPSA) is 23.1 Å². The third kappa shape index (κ3) is 25.0. The van der Waals surface area contributed by atoms with Gasteiger partial charge in [0.15, 0.2) is 0 Å². The summed E-state index contributed by atoms with van der Waals surface area (Å²) in [6.07, 6.45) is 35.8. The zero-order valence-corrected chi connectivity index (χ0v) is 24.4. The number of hydroxylamine groups is 3. The van der Waals surface area contributed by atoms with Crippen LogP contribution in [-0.4, -0.2) is 24.3 Å². The first-order valence-corrected chi connectivity index (χ1v) is 16.3. The monoisotopic (exact) mass is 482 g/mol. The van der Waals surface area contributed by atoms with E-state index in [0.29, 0.717) is 0 Å². The third-order valence-corrected chi connectivity index (χ3v) is 7.91. The molecular formula is C32H67NO. The molecule has 0 N–H and O–H groups in total. The Morgan fingerprint density at radius 3 is 0.735 bits per heavy atom. The van der Waals surface area contributed by atoms with Gasteiger partial charge in [0.05, 0.1) is 19.6 Å². The van der Waals surface area contributed by atoms with Gasteiger partial charge in [0, 0.05) is 0 Å². The molecule has 206 valence electrons. The molecule has 0 bridgehead atoms. The van der Waals surface area contributed by atoms with Gasteiger partial charge in [-0.2, -0.15) is 0 Å². The molecule has 0 amide bonds. The zero-order chi connectivity index (χ0) is 25.0. The minimum absolute atomic E-state index is 0.0655. The summed E-state index contributed by atoms with van der Waals surface area (Å²) in [5.41, 5.74) is 0. The van der Waals surface area contributed by atoms with Crippen LogP contribution >= 0.6 is 0 Å². The van der Waals surface area contributed by atoms with Crippen molar-refractivity contribution in [2.45, 2.75) is 188 Å². The Morgan fingerprint density at radius 1 is 0.324 bits per heavy atom. The van der Waals surface area contributed by atoms with E-state index in [2.05, 4.69) is 20.8 Å². The first-order chi connectivity index (χ1) is 16.7. The number of quaternary nitrogens is 1. The molecule has 0 rings (SSSR count). The average molecular weight is 482 g/mol. The highest BCUT2D eigenvalue weighted by atomic mass is 16.5. The molecule has 0 aliphatic carbocycles. The third-order valence-electron chi connectivity index (χ3n) is 7.91. The maximum Gasteiger partial charge on any atom is 0.0783 e. The second-order valence-corrected chi connectivity index (χ2v) is 11.3. The number of nitrogens with zero attached hydrogens (tertiary/aromatic N) is 1.